The molecule has 0 N–H and O–H groups in total. The predicted octanol–water partition coefficient (Wildman–Crippen LogP) is 0.741. The molecule has 0 saturated carbocycles. The molecule has 17 heavy (non-hydrogen) atoms. The maximum absolute atomic E-state index is 11.7. The van der Waals surface area contributed by atoms with Crippen LogP contribution in [0.3, 0.4) is 0 Å². The highest BCUT2D eigenvalue weighted by Crippen LogP contribution is 2.21. The Kier molecular flexibility index (Phi) is 4.31. The molecule has 1 heterocycles. The van der Waals surface area contributed by atoms with Crippen molar-refractivity contribution in [2.45, 2.75) is 12.8 Å². The quantitative estimate of drug-likeness (QED) is 0.412. The number of carbonyl (C=O) groups is 2. The fourth-order valence-electron chi connectivity index (χ4n) is 1.85. The number of likely N-dealkylation sites (N-methyl/N-ethyl adjacent to an activating group) is 1. The van der Waals surface area contributed by atoms with Crippen LogP contribution in [0.2, 0.25) is 0 Å². The summed E-state index contributed by atoms with van der Waals surface area (Å²) >= 11 is 0. The van der Waals surface area contributed by atoms with E-state index in [1.54, 1.807) is 23.9 Å². The van der Waals surface area contributed by atoms with E-state index in [-0.39, 0.29) is 5.91 Å². The lowest BCUT2D eigenvalue weighted by atomic mass is 10.2. The van der Waals surface area contributed by atoms with E-state index in [9.17, 15) is 9.59 Å². The van der Waals surface area contributed by atoms with Crippen molar-refractivity contribution in [1.82, 2.24) is 9.80 Å². The Labute approximate surface area is 101 Å². The van der Waals surface area contributed by atoms with Gasteiger partial charge in [-0.05, 0) is 12.5 Å². The maximum Gasteiger partial charge on any atom is 0.356 e. The normalized spacial score (nSPS) is 16.6. The summed E-state index contributed by atoms with van der Waals surface area (Å²) in [5.41, 5.74) is 0.863. The van der Waals surface area contributed by atoms with Crippen LogP contribution in [0.4, 0.5) is 0 Å². The van der Waals surface area contributed by atoms with Crippen molar-refractivity contribution < 1.29 is 14.3 Å². The van der Waals surface area contributed by atoms with Gasteiger partial charge < -0.3 is 14.5 Å². The van der Waals surface area contributed by atoms with Crippen LogP contribution < -0.4 is 0 Å². The summed E-state index contributed by atoms with van der Waals surface area (Å²) in [4.78, 5) is 26.6. The fourth-order valence-corrected chi connectivity index (χ4v) is 1.85. The first kappa shape index (κ1) is 13.3. The number of carbonyl (C=O) groups excluding carboxylic acids is 2. The average Bonchev–Trinajstić information content (AvgIpc) is 2.70. The molecule has 0 aromatic carbocycles. The van der Waals surface area contributed by atoms with Crippen molar-refractivity contribution in [3.05, 3.63) is 24.0 Å². The van der Waals surface area contributed by atoms with Crippen molar-refractivity contribution in [2.75, 3.05) is 27.7 Å². The van der Waals surface area contributed by atoms with Crippen LogP contribution in [-0.2, 0) is 14.3 Å². The monoisotopic (exact) mass is 238 g/mol. The zero-order valence-electron chi connectivity index (χ0n) is 10.5. The average molecular weight is 238 g/mol. The van der Waals surface area contributed by atoms with Gasteiger partial charge in [0.2, 0.25) is 5.91 Å². The molecule has 0 radical (unpaired) electrons. The smallest absolute Gasteiger partial charge is 0.356 e. The number of ether oxygens (including phenoxy) is 1. The number of rotatable bonds is 4. The fraction of sp³-hybridized carbons (Fsp3) is 0.500. The minimum Gasteiger partial charge on any atom is -0.464 e. The maximum atomic E-state index is 11.7. The topological polar surface area (TPSA) is 49.9 Å². The number of hydrogen-bond donors (Lipinski definition) is 0. The van der Waals surface area contributed by atoms with Gasteiger partial charge in [0.15, 0.2) is 0 Å². The summed E-state index contributed by atoms with van der Waals surface area (Å²) in [5, 5.41) is 0. The van der Waals surface area contributed by atoms with E-state index in [1.165, 1.54) is 13.2 Å². The van der Waals surface area contributed by atoms with Gasteiger partial charge in [-0.15, -0.1) is 0 Å². The molecule has 0 spiro atoms. The highest BCUT2D eigenvalue weighted by molar-refractivity contribution is 5.91. The summed E-state index contributed by atoms with van der Waals surface area (Å²) in [6, 6.07) is 0. The highest BCUT2D eigenvalue weighted by Gasteiger charge is 2.28. The highest BCUT2D eigenvalue weighted by atomic mass is 16.5. The molecule has 5 heteroatoms. The van der Waals surface area contributed by atoms with Gasteiger partial charge in [0.05, 0.1) is 12.8 Å². The van der Waals surface area contributed by atoms with Gasteiger partial charge in [0.25, 0.3) is 0 Å². The summed E-state index contributed by atoms with van der Waals surface area (Å²) < 4.78 is 4.73. The molecule has 0 atom stereocenters. The molecule has 0 aliphatic carbocycles. The molecule has 94 valence electrons. The number of amides is 1. The third kappa shape index (κ3) is 2.67. The third-order valence-electron chi connectivity index (χ3n) is 2.63. The van der Waals surface area contributed by atoms with E-state index in [0.717, 1.165) is 6.42 Å². The Morgan fingerprint density at radius 2 is 2.18 bits per heavy atom. The number of methoxy groups -OCH3 is 1. The zero-order chi connectivity index (χ0) is 13.0. The van der Waals surface area contributed by atoms with E-state index in [4.69, 9.17) is 4.74 Å². The molecular formula is C12H18N2O3. The molecule has 1 fully saturated rings. The van der Waals surface area contributed by atoms with Gasteiger partial charge in [0.1, 0.15) is 5.70 Å². The second-order valence-electron chi connectivity index (χ2n) is 3.97. The van der Waals surface area contributed by atoms with Crippen LogP contribution in [-0.4, -0.2) is 49.4 Å². The van der Waals surface area contributed by atoms with Gasteiger partial charge in [-0.3, -0.25) is 4.79 Å². The van der Waals surface area contributed by atoms with Crippen molar-refractivity contribution in [2.24, 2.45) is 0 Å². The largest absolute Gasteiger partial charge is 0.464 e. The van der Waals surface area contributed by atoms with E-state index in [2.05, 4.69) is 6.58 Å². The van der Waals surface area contributed by atoms with Gasteiger partial charge in [-0.2, -0.15) is 0 Å². The van der Waals surface area contributed by atoms with Crippen molar-refractivity contribution >= 4 is 11.9 Å². The Balaban J connectivity index is 3.20. The van der Waals surface area contributed by atoms with Gasteiger partial charge in [-0.1, -0.05) is 6.58 Å². The zero-order valence-corrected chi connectivity index (χ0v) is 10.5. The van der Waals surface area contributed by atoms with E-state index in [0.29, 0.717) is 24.4 Å². The van der Waals surface area contributed by atoms with Gasteiger partial charge in [0, 0.05) is 27.1 Å². The van der Waals surface area contributed by atoms with Crippen LogP contribution >= 0.6 is 0 Å². The number of esters is 1. The molecule has 1 rings (SSSR count). The molecule has 0 unspecified atom stereocenters. The van der Waals surface area contributed by atoms with E-state index < -0.39 is 5.97 Å². The molecule has 1 amide bonds. The second kappa shape index (κ2) is 5.52. The minimum absolute atomic E-state index is 0.0168. The number of hydrogen-bond acceptors (Lipinski definition) is 4. The van der Waals surface area contributed by atoms with Crippen LogP contribution in [0, 0.1) is 0 Å². The lowest BCUT2D eigenvalue weighted by Crippen LogP contribution is -2.31. The number of likely N-dealkylation sites (tertiary alicyclic amines) is 1. The van der Waals surface area contributed by atoms with Gasteiger partial charge in [-0.25, -0.2) is 4.79 Å². The molecule has 0 bridgehead atoms. The number of nitrogens with zero attached hydrogens (tertiary/aromatic N) is 2. The van der Waals surface area contributed by atoms with E-state index >= 15 is 0 Å². The second-order valence-corrected chi connectivity index (χ2v) is 3.97. The lowest BCUT2D eigenvalue weighted by molar-refractivity contribution is -0.137. The standard InChI is InChI=1S/C12H18N2O3/c1-5-9(14-8-6-7-10(14)15)11(13(2)3)12(16)17-4/h5H,1,6-8H2,2-4H3. The van der Waals surface area contributed by atoms with Crippen molar-refractivity contribution in [1.29, 1.82) is 0 Å². The van der Waals surface area contributed by atoms with Crippen LogP contribution in [0.1, 0.15) is 12.8 Å². The van der Waals surface area contributed by atoms with Crippen molar-refractivity contribution in [3.8, 4) is 0 Å². The summed E-state index contributed by atoms with van der Waals surface area (Å²) in [6.45, 7) is 4.29. The lowest BCUT2D eigenvalue weighted by Gasteiger charge is -2.24. The molecule has 0 aromatic heterocycles. The first-order valence-electron chi connectivity index (χ1n) is 5.45. The Morgan fingerprint density at radius 3 is 2.53 bits per heavy atom. The molecular weight excluding hydrogens is 220 g/mol. The molecule has 0 aromatic rings. The van der Waals surface area contributed by atoms with Crippen molar-refractivity contribution in [3.63, 3.8) is 0 Å². The SMILES string of the molecule is C=CC(=C(C(=O)OC)N(C)C)N1CCCC1=O. The summed E-state index contributed by atoms with van der Waals surface area (Å²) in [7, 11) is 4.78. The predicted molar refractivity (Wildman–Crippen MR) is 63.9 cm³/mol. The molecule has 5 nitrogen and oxygen atoms in total. The summed E-state index contributed by atoms with van der Waals surface area (Å²) in [6.07, 6.45) is 2.84. The number of allylic oxidation sites excluding steroid dienone is 1. The van der Waals surface area contributed by atoms with Crippen LogP contribution in [0.15, 0.2) is 24.0 Å². The molecule has 1 aliphatic heterocycles. The molecule has 1 aliphatic rings. The Hall–Kier alpha value is -1.78. The third-order valence-corrected chi connectivity index (χ3v) is 2.63. The Bertz CT molecular complexity index is 372. The van der Waals surface area contributed by atoms with E-state index in [1.807, 2.05) is 0 Å². The van der Waals surface area contributed by atoms with Gasteiger partial charge >= 0.3 is 5.97 Å². The minimum atomic E-state index is -0.468. The molecule has 1 saturated heterocycles. The first-order chi connectivity index (χ1) is 8.02. The van der Waals surface area contributed by atoms with Crippen LogP contribution in [0.5, 0.6) is 0 Å². The van der Waals surface area contributed by atoms with Crippen LogP contribution in [0.25, 0.3) is 0 Å². The Morgan fingerprint density at radius 1 is 1.53 bits per heavy atom. The summed E-state index contributed by atoms with van der Waals surface area (Å²) in [5.74, 6) is -0.451. The first-order valence-corrected chi connectivity index (χ1v) is 5.45.